The van der Waals surface area contributed by atoms with Crippen LogP contribution in [0.15, 0.2) is 41.7 Å². The summed E-state index contributed by atoms with van der Waals surface area (Å²) in [6.07, 6.45) is 2.62. The lowest BCUT2D eigenvalue weighted by atomic mass is 10.1. The summed E-state index contributed by atoms with van der Waals surface area (Å²) < 4.78 is 14.3. The van der Waals surface area contributed by atoms with Gasteiger partial charge in [0, 0.05) is 12.1 Å². The first-order valence-corrected chi connectivity index (χ1v) is 6.77. The van der Waals surface area contributed by atoms with Crippen molar-refractivity contribution in [2.45, 2.75) is 6.42 Å². The molecule has 1 rings (SSSR count). The maximum absolute atomic E-state index is 11.8. The Balaban J connectivity index is 3.20. The molecule has 0 spiro atoms. The Hall–Kier alpha value is -3.16. The third-order valence-corrected chi connectivity index (χ3v) is 3.01. The molecule has 0 aliphatic rings. The molecular formula is C16H17NO7. The minimum atomic E-state index is -0.735. The maximum atomic E-state index is 11.8. The van der Waals surface area contributed by atoms with E-state index in [2.05, 4.69) is 9.47 Å². The molecule has 8 nitrogen and oxygen atoms in total. The van der Waals surface area contributed by atoms with Crippen LogP contribution in [0.3, 0.4) is 0 Å². The third-order valence-electron chi connectivity index (χ3n) is 3.01. The number of hydrogen-bond donors (Lipinski definition) is 0. The largest absolute Gasteiger partial charge is 0.496 e. The minimum Gasteiger partial charge on any atom is -0.496 e. The summed E-state index contributed by atoms with van der Waals surface area (Å²) in [5, 5.41) is 10.8. The molecular weight excluding hydrogens is 318 g/mol. The van der Waals surface area contributed by atoms with Crippen LogP contribution in [0.1, 0.15) is 12.0 Å². The van der Waals surface area contributed by atoms with E-state index in [0.717, 1.165) is 0 Å². The molecule has 0 saturated heterocycles. The first-order chi connectivity index (χ1) is 11.4. The van der Waals surface area contributed by atoms with E-state index >= 15 is 0 Å². The van der Waals surface area contributed by atoms with Crippen molar-refractivity contribution >= 4 is 23.7 Å². The van der Waals surface area contributed by atoms with Crippen LogP contribution >= 0.6 is 0 Å². The highest BCUT2D eigenvalue weighted by Crippen LogP contribution is 2.18. The van der Waals surface area contributed by atoms with Gasteiger partial charge in [0.1, 0.15) is 5.76 Å². The summed E-state index contributed by atoms with van der Waals surface area (Å²) in [6.45, 7) is 0. The number of ether oxygens (including phenoxy) is 3. The zero-order chi connectivity index (χ0) is 18.1. The molecule has 0 fully saturated rings. The van der Waals surface area contributed by atoms with Gasteiger partial charge in [-0.05, 0) is 11.6 Å². The summed E-state index contributed by atoms with van der Waals surface area (Å²) >= 11 is 0. The van der Waals surface area contributed by atoms with E-state index in [1.807, 2.05) is 0 Å². The van der Waals surface area contributed by atoms with E-state index in [-0.39, 0.29) is 23.4 Å². The van der Waals surface area contributed by atoms with Gasteiger partial charge < -0.3 is 14.2 Å². The quantitative estimate of drug-likeness (QED) is 0.188. The Bertz CT molecular complexity index is 691. The Morgan fingerprint density at radius 2 is 1.88 bits per heavy atom. The summed E-state index contributed by atoms with van der Waals surface area (Å²) in [5.74, 6) is -1.27. The van der Waals surface area contributed by atoms with E-state index in [9.17, 15) is 19.7 Å². The molecule has 8 heteroatoms. The predicted molar refractivity (Wildman–Crippen MR) is 84.8 cm³/mol. The third kappa shape index (κ3) is 5.24. The number of nitro groups is 1. The molecule has 0 aromatic heterocycles. The zero-order valence-corrected chi connectivity index (χ0v) is 13.5. The van der Waals surface area contributed by atoms with Gasteiger partial charge in [0.2, 0.25) is 0 Å². The van der Waals surface area contributed by atoms with Gasteiger partial charge in [-0.15, -0.1) is 0 Å². The van der Waals surface area contributed by atoms with Crippen LogP contribution in [0, 0.1) is 10.1 Å². The van der Waals surface area contributed by atoms with Gasteiger partial charge in [-0.2, -0.15) is 0 Å². The van der Waals surface area contributed by atoms with Crippen molar-refractivity contribution in [2.24, 2.45) is 0 Å². The van der Waals surface area contributed by atoms with E-state index in [4.69, 9.17) is 4.74 Å². The van der Waals surface area contributed by atoms with E-state index in [1.165, 1.54) is 51.7 Å². The number of allylic oxidation sites excluding steroid dienone is 1. The van der Waals surface area contributed by atoms with Gasteiger partial charge in [0.25, 0.3) is 5.69 Å². The normalized spacial score (nSPS) is 11.6. The van der Waals surface area contributed by atoms with Crippen molar-refractivity contribution in [1.29, 1.82) is 0 Å². The molecule has 0 atom stereocenters. The molecule has 0 N–H and O–H groups in total. The second-order valence-electron chi connectivity index (χ2n) is 4.48. The van der Waals surface area contributed by atoms with Crippen LogP contribution in [-0.4, -0.2) is 38.2 Å². The SMILES string of the molecule is COC(=O)C/C(C(=O)OC)=C(/C=C/c1cccc([N+](=O)[O-])c1)OC. The van der Waals surface area contributed by atoms with Crippen molar-refractivity contribution < 1.29 is 28.7 Å². The van der Waals surface area contributed by atoms with Crippen molar-refractivity contribution in [3.8, 4) is 0 Å². The Morgan fingerprint density at radius 3 is 2.42 bits per heavy atom. The molecule has 1 aromatic carbocycles. The smallest absolute Gasteiger partial charge is 0.338 e. The lowest BCUT2D eigenvalue weighted by Crippen LogP contribution is -2.13. The van der Waals surface area contributed by atoms with E-state index in [1.54, 1.807) is 6.07 Å². The highest BCUT2D eigenvalue weighted by molar-refractivity contribution is 5.94. The van der Waals surface area contributed by atoms with Gasteiger partial charge in [0.15, 0.2) is 0 Å². The van der Waals surface area contributed by atoms with Crippen LogP contribution in [-0.2, 0) is 23.8 Å². The zero-order valence-electron chi connectivity index (χ0n) is 13.5. The average Bonchev–Trinajstić information content (AvgIpc) is 2.60. The number of esters is 2. The topological polar surface area (TPSA) is 105 Å². The van der Waals surface area contributed by atoms with Crippen LogP contribution in [0.4, 0.5) is 5.69 Å². The van der Waals surface area contributed by atoms with Gasteiger partial charge in [0.05, 0.1) is 38.2 Å². The van der Waals surface area contributed by atoms with Crippen LogP contribution < -0.4 is 0 Å². The van der Waals surface area contributed by atoms with E-state index in [0.29, 0.717) is 5.56 Å². The maximum Gasteiger partial charge on any atom is 0.338 e. The van der Waals surface area contributed by atoms with Crippen LogP contribution in [0.2, 0.25) is 0 Å². The molecule has 0 unspecified atom stereocenters. The van der Waals surface area contributed by atoms with Crippen molar-refractivity contribution in [3.05, 3.63) is 57.4 Å². The number of non-ortho nitro benzene ring substituents is 1. The number of carbonyl (C=O) groups excluding carboxylic acids is 2. The Kier molecular flexibility index (Phi) is 7.15. The molecule has 128 valence electrons. The molecule has 0 amide bonds. The van der Waals surface area contributed by atoms with Crippen LogP contribution in [0.25, 0.3) is 6.08 Å². The monoisotopic (exact) mass is 335 g/mol. The number of benzene rings is 1. The molecule has 0 heterocycles. The molecule has 0 bridgehead atoms. The molecule has 0 radical (unpaired) electrons. The summed E-state index contributed by atoms with van der Waals surface area (Å²) in [5.41, 5.74) is 0.442. The van der Waals surface area contributed by atoms with Crippen molar-refractivity contribution in [3.63, 3.8) is 0 Å². The second-order valence-corrected chi connectivity index (χ2v) is 4.48. The number of methoxy groups -OCH3 is 3. The standard InChI is InChI=1S/C16H17NO7/c1-22-14(13(16(19)24-3)10-15(18)23-2)8-7-11-5-4-6-12(9-11)17(20)21/h4-9H,10H2,1-3H3/b8-7+,14-13+. The van der Waals surface area contributed by atoms with Crippen molar-refractivity contribution in [1.82, 2.24) is 0 Å². The number of carbonyl (C=O) groups is 2. The molecule has 0 aliphatic carbocycles. The first kappa shape index (κ1) is 18.9. The number of rotatable bonds is 7. The second kappa shape index (κ2) is 9.09. The fourth-order valence-corrected chi connectivity index (χ4v) is 1.81. The minimum absolute atomic E-state index is 0.0199. The Labute approximate surface area is 138 Å². The average molecular weight is 335 g/mol. The van der Waals surface area contributed by atoms with Gasteiger partial charge in [-0.1, -0.05) is 18.2 Å². The highest BCUT2D eigenvalue weighted by atomic mass is 16.6. The molecule has 0 aliphatic heterocycles. The van der Waals surface area contributed by atoms with Gasteiger partial charge in [-0.3, -0.25) is 14.9 Å². The number of nitro benzene ring substituents is 1. The van der Waals surface area contributed by atoms with Crippen LogP contribution in [0.5, 0.6) is 0 Å². The fraction of sp³-hybridized carbons (Fsp3) is 0.250. The van der Waals surface area contributed by atoms with E-state index < -0.39 is 16.9 Å². The highest BCUT2D eigenvalue weighted by Gasteiger charge is 2.20. The number of nitrogens with zero attached hydrogens (tertiary/aromatic N) is 1. The summed E-state index contributed by atoms with van der Waals surface area (Å²) in [7, 11) is 3.70. The predicted octanol–water partition coefficient (Wildman–Crippen LogP) is 2.24. The fourth-order valence-electron chi connectivity index (χ4n) is 1.81. The van der Waals surface area contributed by atoms with Gasteiger partial charge >= 0.3 is 11.9 Å². The number of hydrogen-bond acceptors (Lipinski definition) is 7. The summed E-state index contributed by atoms with van der Waals surface area (Å²) in [4.78, 5) is 33.5. The molecule has 24 heavy (non-hydrogen) atoms. The lowest BCUT2D eigenvalue weighted by Gasteiger charge is -2.09. The molecule has 0 saturated carbocycles. The first-order valence-electron chi connectivity index (χ1n) is 6.77. The molecule has 1 aromatic rings. The summed E-state index contributed by atoms with van der Waals surface area (Å²) in [6, 6.07) is 5.90. The van der Waals surface area contributed by atoms with Crippen molar-refractivity contribution in [2.75, 3.05) is 21.3 Å². The lowest BCUT2D eigenvalue weighted by molar-refractivity contribution is -0.384. The van der Waals surface area contributed by atoms with Gasteiger partial charge in [-0.25, -0.2) is 4.79 Å². The Morgan fingerprint density at radius 1 is 1.17 bits per heavy atom.